The summed E-state index contributed by atoms with van der Waals surface area (Å²) in [4.78, 5) is 6.59. The van der Waals surface area contributed by atoms with Gasteiger partial charge in [-0.2, -0.15) is 0 Å². The SMILES string of the molecule is Cn1cnc(S(=O)(=O)CCCOc2ccc3c(c2)C(Cc2cccc(Cl)c2)C(N2CCC2)CC3)c1. The molecule has 0 radical (unpaired) electrons. The maximum Gasteiger partial charge on any atom is 0.197 e. The van der Waals surface area contributed by atoms with Crippen LogP contribution in [0.3, 0.4) is 0 Å². The zero-order valence-corrected chi connectivity index (χ0v) is 21.6. The van der Waals surface area contributed by atoms with Crippen LogP contribution in [0.4, 0.5) is 0 Å². The topological polar surface area (TPSA) is 64.4 Å². The molecule has 0 N–H and O–H groups in total. The molecule has 1 fully saturated rings. The first-order chi connectivity index (χ1) is 16.9. The van der Waals surface area contributed by atoms with Crippen molar-refractivity contribution >= 4 is 21.4 Å². The first-order valence-corrected chi connectivity index (χ1v) is 14.4. The molecular weight excluding hydrogens is 482 g/mol. The van der Waals surface area contributed by atoms with E-state index in [2.05, 4.69) is 34.1 Å². The number of imidazole rings is 1. The second-order valence-electron chi connectivity index (χ2n) is 9.69. The minimum atomic E-state index is -3.40. The third kappa shape index (κ3) is 5.57. The lowest BCUT2D eigenvalue weighted by molar-refractivity contribution is 0.0876. The van der Waals surface area contributed by atoms with Crippen LogP contribution < -0.4 is 4.74 Å². The van der Waals surface area contributed by atoms with Gasteiger partial charge < -0.3 is 9.30 Å². The number of rotatable bonds is 9. The van der Waals surface area contributed by atoms with Crippen LogP contribution in [0.15, 0.2) is 60.0 Å². The number of hydrogen-bond donors (Lipinski definition) is 0. The van der Waals surface area contributed by atoms with Crippen molar-refractivity contribution in [2.45, 2.75) is 49.1 Å². The van der Waals surface area contributed by atoms with Crippen LogP contribution in [0.5, 0.6) is 5.75 Å². The van der Waals surface area contributed by atoms with Crippen molar-refractivity contribution in [3.63, 3.8) is 0 Å². The number of fused-ring (bicyclic) bond motifs is 1. The number of ether oxygens (including phenoxy) is 1. The predicted octanol–water partition coefficient (Wildman–Crippen LogP) is 4.66. The Morgan fingerprint density at radius 1 is 1.17 bits per heavy atom. The van der Waals surface area contributed by atoms with Gasteiger partial charge in [0, 0.05) is 30.2 Å². The molecule has 0 amide bonds. The molecule has 2 heterocycles. The molecule has 2 atom stereocenters. The minimum absolute atomic E-state index is 0.0172. The molecule has 0 spiro atoms. The van der Waals surface area contributed by atoms with Gasteiger partial charge in [-0.25, -0.2) is 13.4 Å². The fourth-order valence-corrected chi connectivity index (χ4v) is 6.77. The second kappa shape index (κ2) is 10.3. The summed E-state index contributed by atoms with van der Waals surface area (Å²) in [5.74, 6) is 1.20. The molecule has 1 saturated heterocycles. The van der Waals surface area contributed by atoms with E-state index in [0.717, 1.165) is 23.6 Å². The van der Waals surface area contributed by atoms with Crippen molar-refractivity contribution in [2.24, 2.45) is 7.05 Å². The quantitative estimate of drug-likeness (QED) is 0.389. The first kappa shape index (κ1) is 24.3. The molecule has 6 nitrogen and oxygen atoms in total. The Morgan fingerprint density at radius 2 is 2.03 bits per heavy atom. The lowest BCUT2D eigenvalue weighted by atomic mass is 9.75. The van der Waals surface area contributed by atoms with Gasteiger partial charge in [-0.05, 0) is 86.1 Å². The molecule has 5 rings (SSSR count). The average Bonchev–Trinajstić information content (AvgIpc) is 3.24. The Labute approximate surface area is 212 Å². The lowest BCUT2D eigenvalue weighted by Crippen LogP contribution is -2.49. The molecule has 1 aliphatic heterocycles. The third-order valence-electron chi connectivity index (χ3n) is 7.22. The summed E-state index contributed by atoms with van der Waals surface area (Å²) in [6.45, 7) is 2.69. The molecule has 0 bridgehead atoms. The molecule has 8 heteroatoms. The highest BCUT2D eigenvalue weighted by atomic mass is 35.5. The number of hydrogen-bond acceptors (Lipinski definition) is 5. The zero-order chi connectivity index (χ0) is 24.4. The van der Waals surface area contributed by atoms with Crippen molar-refractivity contribution in [1.29, 1.82) is 0 Å². The Morgan fingerprint density at radius 3 is 2.74 bits per heavy atom. The molecule has 1 aromatic heterocycles. The normalized spacial score (nSPS) is 20.3. The Bertz CT molecular complexity index is 1290. The van der Waals surface area contributed by atoms with Crippen LogP contribution in [-0.4, -0.2) is 54.4 Å². The lowest BCUT2D eigenvalue weighted by Gasteiger charge is -2.45. The Balaban J connectivity index is 1.29. The Hall–Kier alpha value is -2.35. The van der Waals surface area contributed by atoms with E-state index in [1.54, 1.807) is 11.6 Å². The van der Waals surface area contributed by atoms with Crippen LogP contribution in [0.1, 0.15) is 41.9 Å². The number of halogens is 1. The molecule has 2 aromatic carbocycles. The van der Waals surface area contributed by atoms with Gasteiger partial charge in [-0.1, -0.05) is 29.8 Å². The highest BCUT2D eigenvalue weighted by Gasteiger charge is 2.36. The minimum Gasteiger partial charge on any atom is -0.494 e. The van der Waals surface area contributed by atoms with Gasteiger partial charge in [0.15, 0.2) is 14.9 Å². The number of aromatic nitrogens is 2. The zero-order valence-electron chi connectivity index (χ0n) is 20.1. The fraction of sp³-hybridized carbons (Fsp3) is 0.444. The highest BCUT2D eigenvalue weighted by molar-refractivity contribution is 7.91. The van der Waals surface area contributed by atoms with Crippen LogP contribution in [0, 0.1) is 0 Å². The fourth-order valence-electron chi connectivity index (χ4n) is 5.31. The maximum atomic E-state index is 12.5. The summed E-state index contributed by atoms with van der Waals surface area (Å²) < 4.78 is 32.6. The number of sulfone groups is 1. The van der Waals surface area contributed by atoms with Crippen molar-refractivity contribution in [1.82, 2.24) is 14.5 Å². The monoisotopic (exact) mass is 513 g/mol. The van der Waals surface area contributed by atoms with E-state index in [1.807, 2.05) is 18.2 Å². The van der Waals surface area contributed by atoms with Crippen molar-refractivity contribution < 1.29 is 13.2 Å². The van der Waals surface area contributed by atoms with Gasteiger partial charge in [0.2, 0.25) is 0 Å². The van der Waals surface area contributed by atoms with E-state index in [0.29, 0.717) is 25.0 Å². The standard InChI is InChI=1S/C27H32ClN3O3S/c1-30-18-27(29-19-30)35(32,33)14-4-13-34-23-9-7-21-8-10-26(31-11-3-12-31)25(24(21)17-23)16-20-5-2-6-22(28)15-20/h2,5-7,9,15,17-19,25-26H,3-4,8,10-14,16H2,1H3. The van der Waals surface area contributed by atoms with Crippen molar-refractivity contribution in [3.8, 4) is 5.75 Å². The summed E-state index contributed by atoms with van der Waals surface area (Å²) in [6.07, 6.45) is 7.92. The largest absolute Gasteiger partial charge is 0.494 e. The number of nitrogens with zero attached hydrogens (tertiary/aromatic N) is 3. The van der Waals surface area contributed by atoms with E-state index >= 15 is 0 Å². The van der Waals surface area contributed by atoms with Crippen LogP contribution in [0.2, 0.25) is 5.02 Å². The molecule has 2 unspecified atom stereocenters. The average molecular weight is 514 g/mol. The van der Waals surface area contributed by atoms with Gasteiger partial charge in [-0.3, -0.25) is 4.90 Å². The third-order valence-corrected chi connectivity index (χ3v) is 9.13. The molecule has 0 saturated carbocycles. The number of aryl methyl sites for hydroxylation is 2. The van der Waals surface area contributed by atoms with E-state index in [-0.39, 0.29) is 10.8 Å². The Kier molecular flexibility index (Phi) is 7.19. The van der Waals surface area contributed by atoms with Gasteiger partial charge in [0.05, 0.1) is 18.7 Å². The summed E-state index contributed by atoms with van der Waals surface area (Å²) >= 11 is 6.29. The molecule has 1 aliphatic carbocycles. The summed E-state index contributed by atoms with van der Waals surface area (Å²) in [7, 11) is -1.64. The molecule has 3 aromatic rings. The number of likely N-dealkylation sites (tertiary alicyclic amines) is 1. The van der Waals surface area contributed by atoms with Gasteiger partial charge in [-0.15, -0.1) is 0 Å². The van der Waals surface area contributed by atoms with E-state index < -0.39 is 9.84 Å². The summed E-state index contributed by atoms with van der Waals surface area (Å²) in [6, 6.07) is 15.1. The first-order valence-electron chi connectivity index (χ1n) is 12.3. The van der Waals surface area contributed by atoms with Crippen LogP contribution >= 0.6 is 11.6 Å². The maximum absolute atomic E-state index is 12.5. The molecule has 186 valence electrons. The molecular formula is C27H32ClN3O3S. The highest BCUT2D eigenvalue weighted by Crippen LogP contribution is 2.40. The van der Waals surface area contributed by atoms with E-state index in [9.17, 15) is 8.42 Å². The summed E-state index contributed by atoms with van der Waals surface area (Å²) in [5.41, 5.74) is 4.00. The molecule has 35 heavy (non-hydrogen) atoms. The van der Waals surface area contributed by atoms with E-state index in [1.165, 1.54) is 55.1 Å². The van der Waals surface area contributed by atoms with Gasteiger partial charge >= 0.3 is 0 Å². The van der Waals surface area contributed by atoms with Crippen LogP contribution in [0.25, 0.3) is 0 Å². The molecule has 2 aliphatic rings. The smallest absolute Gasteiger partial charge is 0.197 e. The van der Waals surface area contributed by atoms with Gasteiger partial charge in [0.1, 0.15) is 5.75 Å². The van der Waals surface area contributed by atoms with Crippen LogP contribution in [-0.2, 0) is 29.7 Å². The number of benzene rings is 2. The predicted molar refractivity (Wildman–Crippen MR) is 138 cm³/mol. The van der Waals surface area contributed by atoms with E-state index in [4.69, 9.17) is 16.3 Å². The van der Waals surface area contributed by atoms with Crippen molar-refractivity contribution in [2.75, 3.05) is 25.4 Å². The second-order valence-corrected chi connectivity index (χ2v) is 12.2. The summed E-state index contributed by atoms with van der Waals surface area (Å²) in [5, 5.41) is 0.895. The van der Waals surface area contributed by atoms with Crippen molar-refractivity contribution in [3.05, 3.63) is 76.7 Å². The van der Waals surface area contributed by atoms with Gasteiger partial charge in [0.25, 0.3) is 0 Å².